The minimum absolute atomic E-state index is 0.464. The molecule has 0 heterocycles. The summed E-state index contributed by atoms with van der Waals surface area (Å²) in [6.07, 6.45) is 20.6. The Labute approximate surface area is 173 Å². The van der Waals surface area contributed by atoms with Gasteiger partial charge in [-0.15, -0.1) is 0 Å². The molecule has 0 aliphatic carbocycles. The first-order valence-corrected chi connectivity index (χ1v) is 11.9. The average molecular weight is 389 g/mol. The van der Waals surface area contributed by atoms with Gasteiger partial charge in [-0.3, -0.25) is 0 Å². The van der Waals surface area contributed by atoms with Crippen LogP contribution in [0.25, 0.3) is 0 Å². The van der Waals surface area contributed by atoms with E-state index < -0.39 is 6.03 Å². The zero-order chi connectivity index (χ0) is 20.5. The third kappa shape index (κ3) is 11.4. The lowest BCUT2D eigenvalue weighted by Gasteiger charge is -2.15. The Morgan fingerprint density at radius 2 is 1.25 bits per heavy atom. The summed E-state index contributed by atoms with van der Waals surface area (Å²) in [4.78, 5) is 11.4. The van der Waals surface area contributed by atoms with Crippen LogP contribution >= 0.6 is 0 Å². The fraction of sp³-hybridized carbons (Fsp3) is 0.720. The summed E-state index contributed by atoms with van der Waals surface area (Å²) in [7, 11) is 0. The number of amides is 2. The molecule has 0 atom stereocenters. The van der Waals surface area contributed by atoms with E-state index in [4.69, 9.17) is 5.73 Å². The second-order valence-electron chi connectivity index (χ2n) is 8.18. The number of hydrogen-bond donors (Lipinski definition) is 2. The molecule has 0 aliphatic heterocycles. The fourth-order valence-corrected chi connectivity index (χ4v) is 3.95. The third-order valence-electron chi connectivity index (χ3n) is 5.61. The Morgan fingerprint density at radius 1 is 0.750 bits per heavy atom. The van der Waals surface area contributed by atoms with Crippen molar-refractivity contribution in [1.82, 2.24) is 0 Å². The van der Waals surface area contributed by atoms with Crippen LogP contribution in [-0.4, -0.2) is 6.03 Å². The Balaban J connectivity index is 2.51. The van der Waals surface area contributed by atoms with E-state index in [2.05, 4.69) is 31.3 Å². The predicted molar refractivity (Wildman–Crippen MR) is 123 cm³/mol. The molecule has 3 nitrogen and oxygen atoms in total. The number of primary amides is 1. The molecule has 0 radical (unpaired) electrons. The molecule has 3 heteroatoms. The highest BCUT2D eigenvalue weighted by Crippen LogP contribution is 2.25. The number of unbranched alkanes of at least 4 members (excludes halogenated alkanes) is 12. The summed E-state index contributed by atoms with van der Waals surface area (Å²) in [5, 5.41) is 2.85. The lowest BCUT2D eigenvalue weighted by atomic mass is 9.94. The standard InChI is InChI=1S/C25H44N2O/c1-3-5-7-9-11-13-15-18-22-19-17-21-24(27-25(26)28)23(22)20-16-14-12-10-8-6-4-2/h17,19,21H,3-16,18,20H2,1-2H3,(H3,26,27,28). The summed E-state index contributed by atoms with van der Waals surface area (Å²) >= 11 is 0. The van der Waals surface area contributed by atoms with Crippen LogP contribution in [0.1, 0.15) is 115 Å². The first-order valence-electron chi connectivity index (χ1n) is 11.9. The van der Waals surface area contributed by atoms with Crippen molar-refractivity contribution in [2.75, 3.05) is 5.32 Å². The molecule has 3 N–H and O–H groups in total. The number of anilines is 1. The van der Waals surface area contributed by atoms with Gasteiger partial charge in [0.25, 0.3) is 0 Å². The van der Waals surface area contributed by atoms with Crippen LogP contribution in [-0.2, 0) is 12.8 Å². The van der Waals surface area contributed by atoms with Crippen molar-refractivity contribution >= 4 is 11.7 Å². The van der Waals surface area contributed by atoms with Gasteiger partial charge in [0, 0.05) is 5.69 Å². The molecule has 0 aromatic heterocycles. The van der Waals surface area contributed by atoms with Gasteiger partial charge in [-0.1, -0.05) is 103 Å². The molecular weight excluding hydrogens is 344 g/mol. The molecule has 1 rings (SSSR count). The van der Waals surface area contributed by atoms with E-state index in [0.717, 1.165) is 18.5 Å². The molecular formula is C25H44N2O. The smallest absolute Gasteiger partial charge is 0.316 e. The zero-order valence-corrected chi connectivity index (χ0v) is 18.5. The average Bonchev–Trinajstić information content (AvgIpc) is 2.67. The van der Waals surface area contributed by atoms with E-state index >= 15 is 0 Å². The van der Waals surface area contributed by atoms with Gasteiger partial charge in [0.2, 0.25) is 0 Å². The van der Waals surface area contributed by atoms with Crippen molar-refractivity contribution in [2.45, 2.75) is 117 Å². The molecule has 0 bridgehead atoms. The number of rotatable bonds is 17. The molecule has 0 saturated carbocycles. The van der Waals surface area contributed by atoms with Gasteiger partial charge in [0.15, 0.2) is 0 Å². The number of aryl methyl sites for hydroxylation is 1. The van der Waals surface area contributed by atoms with Crippen molar-refractivity contribution < 1.29 is 4.79 Å². The maximum Gasteiger partial charge on any atom is 0.316 e. The summed E-state index contributed by atoms with van der Waals surface area (Å²) in [5.41, 5.74) is 9.01. The van der Waals surface area contributed by atoms with Crippen LogP contribution in [0.15, 0.2) is 18.2 Å². The molecule has 0 fully saturated rings. The highest BCUT2D eigenvalue weighted by Gasteiger charge is 2.10. The van der Waals surface area contributed by atoms with Gasteiger partial charge in [-0.05, 0) is 42.9 Å². The Kier molecular flexibility index (Phi) is 14.4. The highest BCUT2D eigenvalue weighted by molar-refractivity contribution is 5.88. The summed E-state index contributed by atoms with van der Waals surface area (Å²) in [6, 6.07) is 5.82. The highest BCUT2D eigenvalue weighted by atomic mass is 16.2. The Morgan fingerprint density at radius 3 is 1.79 bits per heavy atom. The number of nitrogens with two attached hydrogens (primary N) is 1. The van der Waals surface area contributed by atoms with E-state index in [9.17, 15) is 4.79 Å². The molecule has 0 saturated heterocycles. The quantitative estimate of drug-likeness (QED) is 0.263. The minimum Gasteiger partial charge on any atom is -0.351 e. The van der Waals surface area contributed by atoms with Gasteiger partial charge in [0.05, 0.1) is 0 Å². The summed E-state index contributed by atoms with van der Waals surface area (Å²) in [5.74, 6) is 0. The SMILES string of the molecule is CCCCCCCCCc1cccc(NC(N)=O)c1CCCCCCCCC. The van der Waals surface area contributed by atoms with E-state index in [1.807, 2.05) is 6.07 Å². The molecule has 2 amide bonds. The van der Waals surface area contributed by atoms with E-state index in [1.54, 1.807) is 0 Å². The predicted octanol–water partition coefficient (Wildman–Crippen LogP) is 7.76. The Hall–Kier alpha value is -1.51. The van der Waals surface area contributed by atoms with Gasteiger partial charge in [-0.25, -0.2) is 4.79 Å². The number of hydrogen-bond acceptors (Lipinski definition) is 1. The maximum atomic E-state index is 11.4. The lowest BCUT2D eigenvalue weighted by molar-refractivity contribution is 0.259. The van der Waals surface area contributed by atoms with Crippen LogP contribution < -0.4 is 11.1 Å². The van der Waals surface area contributed by atoms with Crippen LogP contribution in [0.4, 0.5) is 10.5 Å². The number of benzene rings is 1. The zero-order valence-electron chi connectivity index (χ0n) is 18.5. The fourth-order valence-electron chi connectivity index (χ4n) is 3.95. The van der Waals surface area contributed by atoms with Crippen LogP contribution in [0.2, 0.25) is 0 Å². The monoisotopic (exact) mass is 388 g/mol. The van der Waals surface area contributed by atoms with Crippen LogP contribution in [0.5, 0.6) is 0 Å². The number of carbonyl (C=O) groups is 1. The molecule has 160 valence electrons. The van der Waals surface area contributed by atoms with E-state index in [1.165, 1.54) is 101 Å². The molecule has 1 aromatic carbocycles. The number of urea groups is 1. The van der Waals surface area contributed by atoms with Gasteiger partial charge < -0.3 is 11.1 Å². The molecule has 1 aromatic rings. The lowest BCUT2D eigenvalue weighted by Crippen LogP contribution is -2.20. The van der Waals surface area contributed by atoms with Gasteiger partial charge in [0.1, 0.15) is 0 Å². The van der Waals surface area contributed by atoms with Crippen molar-refractivity contribution in [3.8, 4) is 0 Å². The Bertz CT molecular complexity index is 527. The molecule has 0 spiro atoms. The van der Waals surface area contributed by atoms with Crippen LogP contribution in [0.3, 0.4) is 0 Å². The summed E-state index contributed by atoms with van der Waals surface area (Å²) in [6.45, 7) is 4.52. The van der Waals surface area contributed by atoms with E-state index in [-0.39, 0.29) is 0 Å². The van der Waals surface area contributed by atoms with E-state index in [0.29, 0.717) is 0 Å². The molecule has 0 unspecified atom stereocenters. The van der Waals surface area contributed by atoms with Crippen LogP contribution in [0, 0.1) is 0 Å². The van der Waals surface area contributed by atoms with Crippen molar-refractivity contribution in [2.24, 2.45) is 5.73 Å². The normalized spacial score (nSPS) is 10.9. The number of nitrogens with one attached hydrogen (secondary N) is 1. The largest absolute Gasteiger partial charge is 0.351 e. The van der Waals surface area contributed by atoms with Crippen molar-refractivity contribution in [3.63, 3.8) is 0 Å². The van der Waals surface area contributed by atoms with Crippen molar-refractivity contribution in [3.05, 3.63) is 29.3 Å². The first kappa shape index (κ1) is 24.5. The number of carbonyl (C=O) groups excluding carboxylic acids is 1. The molecule has 0 aliphatic rings. The molecule has 28 heavy (non-hydrogen) atoms. The van der Waals surface area contributed by atoms with Gasteiger partial charge in [-0.2, -0.15) is 0 Å². The first-order chi connectivity index (χ1) is 13.7. The second kappa shape index (κ2) is 16.4. The minimum atomic E-state index is -0.464. The topological polar surface area (TPSA) is 55.1 Å². The second-order valence-corrected chi connectivity index (χ2v) is 8.18. The van der Waals surface area contributed by atoms with Gasteiger partial charge >= 0.3 is 6.03 Å². The summed E-state index contributed by atoms with van der Waals surface area (Å²) < 4.78 is 0. The van der Waals surface area contributed by atoms with Crippen molar-refractivity contribution in [1.29, 1.82) is 0 Å². The third-order valence-corrected chi connectivity index (χ3v) is 5.61. The maximum absolute atomic E-state index is 11.4.